The van der Waals surface area contributed by atoms with Crippen LogP contribution in [-0.2, 0) is 12.8 Å². The normalized spacial score (nSPS) is 31.2. The summed E-state index contributed by atoms with van der Waals surface area (Å²) in [6.45, 7) is 4.41. The zero-order chi connectivity index (χ0) is 12.7. The number of rotatable bonds is 4. The van der Waals surface area contributed by atoms with E-state index in [1.807, 2.05) is 0 Å². The van der Waals surface area contributed by atoms with Gasteiger partial charge in [-0.1, -0.05) is 38.5 Å². The molecule has 3 atom stereocenters. The highest BCUT2D eigenvalue weighted by atomic mass is 16.3. The molecule has 18 heavy (non-hydrogen) atoms. The van der Waals surface area contributed by atoms with Gasteiger partial charge in [-0.2, -0.15) is 0 Å². The molecule has 3 unspecified atom stereocenters. The average Bonchev–Trinajstić information content (AvgIpc) is 2.89. The zero-order valence-electron chi connectivity index (χ0n) is 11.5. The first kappa shape index (κ1) is 12.2. The van der Waals surface area contributed by atoms with Crippen molar-refractivity contribution in [1.29, 1.82) is 0 Å². The Hall–Kier alpha value is -0.820. The molecule has 1 nitrogen and oxygen atoms in total. The Balaban J connectivity index is 1.79. The van der Waals surface area contributed by atoms with Gasteiger partial charge in [0.1, 0.15) is 0 Å². The summed E-state index contributed by atoms with van der Waals surface area (Å²) in [7, 11) is 0. The molecule has 1 aromatic carbocycles. The second-order valence-electron chi connectivity index (χ2n) is 6.02. The van der Waals surface area contributed by atoms with Gasteiger partial charge in [0.25, 0.3) is 0 Å². The smallest absolute Gasteiger partial charge is 0.0823 e. The molecule has 0 radical (unpaired) electrons. The molecule has 0 spiro atoms. The van der Waals surface area contributed by atoms with E-state index in [-0.39, 0.29) is 6.10 Å². The lowest BCUT2D eigenvalue weighted by molar-refractivity contribution is 0.137. The van der Waals surface area contributed by atoms with Crippen LogP contribution < -0.4 is 0 Å². The number of hydrogen-bond acceptors (Lipinski definition) is 1. The fourth-order valence-corrected chi connectivity index (χ4v) is 4.07. The molecular formula is C17H24O. The molecular weight excluding hydrogens is 220 g/mol. The highest BCUT2D eigenvalue weighted by Gasteiger charge is 2.55. The Morgan fingerprint density at radius 1 is 1.11 bits per heavy atom. The molecule has 1 N–H and O–H groups in total. The minimum absolute atomic E-state index is 0.212. The molecule has 2 saturated carbocycles. The molecule has 2 aliphatic carbocycles. The molecule has 2 aliphatic rings. The van der Waals surface area contributed by atoms with Crippen LogP contribution in [0.25, 0.3) is 0 Å². The Morgan fingerprint density at radius 3 is 2.39 bits per heavy atom. The van der Waals surface area contributed by atoms with E-state index in [1.54, 1.807) is 0 Å². The third kappa shape index (κ3) is 1.89. The lowest BCUT2D eigenvalue weighted by atomic mass is 9.94. The number of aryl methyl sites for hydroxylation is 2. The molecule has 0 heterocycles. The Kier molecular flexibility index (Phi) is 3.19. The summed E-state index contributed by atoms with van der Waals surface area (Å²) in [4.78, 5) is 0. The molecule has 0 bridgehead atoms. The standard InChI is InChI=1S/C17H24O/c1-3-11-8-9-13(10-12(11)4-2)17(18)16-14-6-5-7-15(14)16/h8-10,14-18H,3-7H2,1-2H3. The zero-order valence-corrected chi connectivity index (χ0v) is 11.5. The maximum atomic E-state index is 10.5. The second kappa shape index (κ2) is 4.70. The van der Waals surface area contributed by atoms with E-state index >= 15 is 0 Å². The van der Waals surface area contributed by atoms with Gasteiger partial charge in [-0.25, -0.2) is 0 Å². The van der Waals surface area contributed by atoms with Gasteiger partial charge in [0.2, 0.25) is 0 Å². The molecule has 2 fully saturated rings. The van der Waals surface area contributed by atoms with Crippen LogP contribution in [0.3, 0.4) is 0 Å². The van der Waals surface area contributed by atoms with Crippen molar-refractivity contribution in [3.8, 4) is 0 Å². The van der Waals surface area contributed by atoms with Gasteiger partial charge < -0.3 is 5.11 Å². The van der Waals surface area contributed by atoms with Gasteiger partial charge in [-0.3, -0.25) is 0 Å². The van der Waals surface area contributed by atoms with E-state index in [0.29, 0.717) is 5.92 Å². The van der Waals surface area contributed by atoms with Crippen molar-refractivity contribution in [2.75, 3.05) is 0 Å². The molecule has 1 heteroatoms. The summed E-state index contributed by atoms with van der Waals surface area (Å²) in [6, 6.07) is 6.61. The van der Waals surface area contributed by atoms with Gasteiger partial charge in [0.15, 0.2) is 0 Å². The minimum atomic E-state index is -0.212. The number of aliphatic hydroxyl groups excluding tert-OH is 1. The van der Waals surface area contributed by atoms with Crippen LogP contribution in [0.2, 0.25) is 0 Å². The molecule has 0 aliphatic heterocycles. The SMILES string of the molecule is CCc1ccc(C(O)C2C3CCCC32)cc1CC. The fraction of sp³-hybridized carbons (Fsp3) is 0.647. The van der Waals surface area contributed by atoms with Gasteiger partial charge in [-0.05, 0) is 60.1 Å². The first-order chi connectivity index (χ1) is 8.76. The van der Waals surface area contributed by atoms with Crippen molar-refractivity contribution < 1.29 is 5.11 Å². The monoisotopic (exact) mass is 244 g/mol. The highest BCUT2D eigenvalue weighted by Crippen LogP contribution is 2.62. The molecule has 98 valence electrons. The first-order valence-corrected chi connectivity index (χ1v) is 7.56. The van der Waals surface area contributed by atoms with Crippen molar-refractivity contribution in [3.05, 3.63) is 34.9 Å². The lowest BCUT2D eigenvalue weighted by Gasteiger charge is -2.16. The van der Waals surface area contributed by atoms with Gasteiger partial charge >= 0.3 is 0 Å². The van der Waals surface area contributed by atoms with Crippen molar-refractivity contribution in [1.82, 2.24) is 0 Å². The number of hydrogen-bond donors (Lipinski definition) is 1. The minimum Gasteiger partial charge on any atom is -0.388 e. The van der Waals surface area contributed by atoms with Gasteiger partial charge in [0, 0.05) is 0 Å². The third-order valence-electron chi connectivity index (χ3n) is 5.17. The largest absolute Gasteiger partial charge is 0.388 e. The van der Waals surface area contributed by atoms with E-state index in [4.69, 9.17) is 0 Å². The Bertz CT molecular complexity index is 427. The van der Waals surface area contributed by atoms with Crippen LogP contribution in [-0.4, -0.2) is 5.11 Å². The number of benzene rings is 1. The summed E-state index contributed by atoms with van der Waals surface area (Å²) in [5.41, 5.74) is 4.01. The lowest BCUT2D eigenvalue weighted by Crippen LogP contribution is -2.06. The maximum absolute atomic E-state index is 10.5. The van der Waals surface area contributed by atoms with Crippen LogP contribution in [0.15, 0.2) is 18.2 Å². The number of aliphatic hydroxyl groups is 1. The summed E-state index contributed by atoms with van der Waals surface area (Å²) >= 11 is 0. The summed E-state index contributed by atoms with van der Waals surface area (Å²) in [6.07, 6.45) is 6.03. The topological polar surface area (TPSA) is 20.2 Å². The maximum Gasteiger partial charge on any atom is 0.0823 e. The van der Waals surface area contributed by atoms with E-state index in [0.717, 1.165) is 30.2 Å². The van der Waals surface area contributed by atoms with E-state index in [2.05, 4.69) is 32.0 Å². The fourth-order valence-electron chi connectivity index (χ4n) is 4.07. The van der Waals surface area contributed by atoms with Crippen LogP contribution in [0.5, 0.6) is 0 Å². The van der Waals surface area contributed by atoms with E-state index < -0.39 is 0 Å². The second-order valence-corrected chi connectivity index (χ2v) is 6.02. The van der Waals surface area contributed by atoms with Crippen molar-refractivity contribution in [3.63, 3.8) is 0 Å². The van der Waals surface area contributed by atoms with E-state index in [9.17, 15) is 5.11 Å². The van der Waals surface area contributed by atoms with Gasteiger partial charge in [-0.15, -0.1) is 0 Å². The summed E-state index contributed by atoms with van der Waals surface area (Å²) in [5, 5.41) is 10.5. The van der Waals surface area contributed by atoms with Crippen molar-refractivity contribution in [2.45, 2.75) is 52.1 Å². The predicted molar refractivity (Wildman–Crippen MR) is 74.5 cm³/mol. The highest BCUT2D eigenvalue weighted by molar-refractivity contribution is 5.34. The van der Waals surface area contributed by atoms with Crippen LogP contribution >= 0.6 is 0 Å². The molecule has 0 aromatic heterocycles. The summed E-state index contributed by atoms with van der Waals surface area (Å²) in [5.74, 6) is 2.22. The van der Waals surface area contributed by atoms with Crippen molar-refractivity contribution >= 4 is 0 Å². The first-order valence-electron chi connectivity index (χ1n) is 7.56. The third-order valence-corrected chi connectivity index (χ3v) is 5.17. The van der Waals surface area contributed by atoms with Crippen molar-refractivity contribution in [2.24, 2.45) is 17.8 Å². The predicted octanol–water partition coefficient (Wildman–Crippen LogP) is 3.89. The quantitative estimate of drug-likeness (QED) is 0.852. The molecule has 3 rings (SSSR count). The van der Waals surface area contributed by atoms with Crippen LogP contribution in [0.4, 0.5) is 0 Å². The molecule has 1 aromatic rings. The van der Waals surface area contributed by atoms with Crippen LogP contribution in [0, 0.1) is 17.8 Å². The Labute approximate surface area is 110 Å². The Morgan fingerprint density at radius 2 is 1.78 bits per heavy atom. The van der Waals surface area contributed by atoms with Gasteiger partial charge in [0.05, 0.1) is 6.10 Å². The van der Waals surface area contributed by atoms with Crippen LogP contribution in [0.1, 0.15) is 55.9 Å². The van der Waals surface area contributed by atoms with E-state index in [1.165, 1.54) is 30.4 Å². The molecule has 0 amide bonds. The number of fused-ring (bicyclic) bond motifs is 1. The average molecular weight is 244 g/mol. The molecule has 0 saturated heterocycles. The summed E-state index contributed by atoms with van der Waals surface area (Å²) < 4.78 is 0.